The van der Waals surface area contributed by atoms with Crippen molar-refractivity contribution in [2.75, 3.05) is 26.2 Å². The molecule has 138 valence electrons. The Morgan fingerprint density at radius 1 is 1.12 bits per heavy atom. The Balaban J connectivity index is 1.61. The Morgan fingerprint density at radius 2 is 1.81 bits per heavy atom. The van der Waals surface area contributed by atoms with E-state index in [-0.39, 0.29) is 10.8 Å². The Labute approximate surface area is 155 Å². The lowest BCUT2D eigenvalue weighted by molar-refractivity contribution is -1.18. The Bertz CT molecular complexity index is 867. The number of carbonyl (C=O) groups is 1. The zero-order valence-electron chi connectivity index (χ0n) is 16.3. The van der Waals surface area contributed by atoms with Crippen LogP contribution in [0.4, 0.5) is 0 Å². The molecule has 0 radical (unpaired) electrons. The average molecular weight is 354 g/mol. The van der Waals surface area contributed by atoms with E-state index in [4.69, 9.17) is 0 Å². The molecule has 2 aromatic rings. The first-order valence-corrected chi connectivity index (χ1v) is 10.3. The molecule has 6 rings (SSSR count). The van der Waals surface area contributed by atoms with Crippen LogP contribution in [0.15, 0.2) is 30.5 Å². The number of aromatic nitrogens is 1. The summed E-state index contributed by atoms with van der Waals surface area (Å²) in [5.74, 6) is 0.578. The first-order valence-electron chi connectivity index (χ1n) is 10.3. The minimum absolute atomic E-state index is 0.0652. The second-order valence-corrected chi connectivity index (χ2v) is 9.26. The van der Waals surface area contributed by atoms with Crippen molar-refractivity contribution in [1.82, 2.24) is 4.57 Å². The lowest BCUT2D eigenvalue weighted by Crippen LogP contribution is -3.41. The van der Waals surface area contributed by atoms with Gasteiger partial charge in [-0.15, -0.1) is 0 Å². The minimum atomic E-state index is -0.115. The summed E-state index contributed by atoms with van der Waals surface area (Å²) in [6.45, 7) is 11.8. The quantitative estimate of drug-likeness (QED) is 0.838. The van der Waals surface area contributed by atoms with Crippen molar-refractivity contribution >= 4 is 16.7 Å². The van der Waals surface area contributed by atoms with Gasteiger partial charge >= 0.3 is 0 Å². The number of aryl methyl sites for hydroxylation is 1. The zero-order chi connectivity index (χ0) is 18.1. The molecule has 4 heteroatoms. The molecule has 4 fully saturated rings. The van der Waals surface area contributed by atoms with Crippen LogP contribution in [-0.2, 0) is 11.3 Å². The van der Waals surface area contributed by atoms with E-state index in [9.17, 15) is 4.79 Å². The lowest BCUT2D eigenvalue weighted by Gasteiger charge is -2.59. The monoisotopic (exact) mass is 353 g/mol. The Morgan fingerprint density at radius 3 is 2.46 bits per heavy atom. The summed E-state index contributed by atoms with van der Waals surface area (Å²) in [5, 5.41) is 1.41. The van der Waals surface area contributed by atoms with E-state index in [0.717, 1.165) is 45.6 Å². The maximum Gasteiger partial charge on any atom is 0.242 e. The van der Waals surface area contributed by atoms with Crippen LogP contribution in [0.2, 0.25) is 0 Å². The first-order chi connectivity index (χ1) is 12.5. The topological polar surface area (TPSA) is 30.9 Å². The van der Waals surface area contributed by atoms with E-state index < -0.39 is 0 Å². The maximum absolute atomic E-state index is 13.3. The molecule has 1 aromatic carbocycles. The van der Waals surface area contributed by atoms with Crippen LogP contribution in [0.25, 0.3) is 10.9 Å². The van der Waals surface area contributed by atoms with Gasteiger partial charge in [0, 0.05) is 23.6 Å². The second kappa shape index (κ2) is 5.43. The largest absolute Gasteiger partial charge is 0.347 e. The van der Waals surface area contributed by atoms with Gasteiger partial charge in [-0.25, -0.2) is 0 Å². The summed E-state index contributed by atoms with van der Waals surface area (Å²) in [6.07, 6.45) is 5.06. The number of benzene rings is 1. The van der Waals surface area contributed by atoms with Crippen molar-refractivity contribution in [3.05, 3.63) is 36.0 Å². The maximum atomic E-state index is 13.3. The molecule has 0 amide bonds. The fraction of sp³-hybridized carbons (Fsp3) is 0.591. The number of piperidine rings is 2. The molecule has 26 heavy (non-hydrogen) atoms. The minimum Gasteiger partial charge on any atom is -0.347 e. The van der Waals surface area contributed by atoms with Crippen LogP contribution in [-0.4, -0.2) is 36.5 Å². The van der Waals surface area contributed by atoms with Crippen LogP contribution in [0.3, 0.4) is 0 Å². The molecule has 4 saturated heterocycles. The normalized spacial score (nSPS) is 38.4. The highest BCUT2D eigenvalue weighted by Gasteiger charge is 2.69. The van der Waals surface area contributed by atoms with Gasteiger partial charge in [-0.1, -0.05) is 31.5 Å². The van der Waals surface area contributed by atoms with Crippen molar-refractivity contribution in [3.63, 3.8) is 0 Å². The van der Waals surface area contributed by atoms with Crippen molar-refractivity contribution < 1.29 is 14.6 Å². The number of fused-ring (bicyclic) bond motifs is 1. The van der Waals surface area contributed by atoms with E-state index in [1.165, 1.54) is 16.5 Å². The smallest absolute Gasteiger partial charge is 0.242 e. The van der Waals surface area contributed by atoms with Gasteiger partial charge in [-0.2, -0.15) is 0 Å². The highest BCUT2D eigenvalue weighted by Crippen LogP contribution is 2.40. The van der Waals surface area contributed by atoms with Crippen LogP contribution < -0.4 is 9.80 Å². The van der Waals surface area contributed by atoms with Crippen molar-refractivity contribution in [2.45, 2.75) is 46.3 Å². The highest BCUT2D eigenvalue weighted by molar-refractivity contribution is 5.92. The van der Waals surface area contributed by atoms with Gasteiger partial charge in [0.1, 0.15) is 37.0 Å². The van der Waals surface area contributed by atoms with Gasteiger partial charge in [0.15, 0.2) is 5.78 Å². The summed E-state index contributed by atoms with van der Waals surface area (Å²) in [4.78, 5) is 16.6. The zero-order valence-corrected chi connectivity index (χ0v) is 16.3. The van der Waals surface area contributed by atoms with Crippen LogP contribution in [0.1, 0.15) is 45.3 Å². The van der Waals surface area contributed by atoms with Gasteiger partial charge in [-0.3, -0.25) is 14.6 Å². The molecular weight excluding hydrogens is 322 g/mol. The molecular formula is C22H31N3O+2. The molecule has 4 aliphatic rings. The molecule has 2 N–H and O–H groups in total. The second-order valence-electron chi connectivity index (χ2n) is 9.26. The van der Waals surface area contributed by atoms with Gasteiger partial charge in [0.05, 0.1) is 5.56 Å². The summed E-state index contributed by atoms with van der Waals surface area (Å²) < 4.78 is 2.39. The SMILES string of the molecule is CCCC12C[NH+]3CC(C)(C[NH+](C1)C3c1cn(CC)c3ccccc13)C2=O. The number of carbonyl (C=O) groups excluding carboxylic acids is 1. The van der Waals surface area contributed by atoms with Crippen molar-refractivity contribution in [2.24, 2.45) is 10.8 Å². The molecule has 4 aliphatic heterocycles. The summed E-state index contributed by atoms with van der Waals surface area (Å²) >= 11 is 0. The number of ketones is 1. The predicted octanol–water partition coefficient (Wildman–Crippen LogP) is 0.832. The molecule has 0 saturated carbocycles. The number of quaternary nitrogens is 2. The predicted molar refractivity (Wildman–Crippen MR) is 102 cm³/mol. The van der Waals surface area contributed by atoms with Crippen LogP contribution in [0.5, 0.6) is 0 Å². The number of para-hydroxylation sites is 1. The number of rotatable bonds is 4. The van der Waals surface area contributed by atoms with Gasteiger partial charge < -0.3 is 4.57 Å². The summed E-state index contributed by atoms with van der Waals surface area (Å²) in [5.41, 5.74) is 2.67. The fourth-order valence-electron chi connectivity index (χ4n) is 6.76. The van der Waals surface area contributed by atoms with E-state index in [0.29, 0.717) is 11.9 Å². The third-order valence-electron chi connectivity index (χ3n) is 7.41. The number of nitrogens with zero attached hydrogens (tertiary/aromatic N) is 1. The van der Waals surface area contributed by atoms with E-state index >= 15 is 0 Å². The number of nitrogens with one attached hydrogen (secondary N) is 2. The average Bonchev–Trinajstić information content (AvgIpc) is 2.98. The van der Waals surface area contributed by atoms with Gasteiger partial charge in [0.25, 0.3) is 0 Å². The fourth-order valence-corrected chi connectivity index (χ4v) is 6.76. The standard InChI is InChI=1S/C22H29N3O/c1-4-10-22-14-24-12-21(3,20(22)26)13-25(15-22)19(24)17-11-23(5-2)18-9-7-6-8-16(17)18/h6-9,11,19H,4-5,10,12-15H2,1-3H3/p+2. The molecule has 1 aromatic heterocycles. The summed E-state index contributed by atoms with van der Waals surface area (Å²) in [6, 6.07) is 8.85. The van der Waals surface area contributed by atoms with Gasteiger partial charge in [0.2, 0.25) is 6.17 Å². The molecule has 4 bridgehead atoms. The summed E-state index contributed by atoms with van der Waals surface area (Å²) in [7, 11) is 0. The van der Waals surface area contributed by atoms with E-state index in [1.807, 2.05) is 0 Å². The molecule has 2 unspecified atom stereocenters. The third kappa shape index (κ3) is 2.00. The van der Waals surface area contributed by atoms with Crippen molar-refractivity contribution in [3.8, 4) is 0 Å². The Kier molecular flexibility index (Phi) is 3.45. The third-order valence-corrected chi connectivity index (χ3v) is 7.41. The van der Waals surface area contributed by atoms with E-state index in [1.54, 1.807) is 9.80 Å². The lowest BCUT2D eigenvalue weighted by atomic mass is 9.59. The first kappa shape index (κ1) is 16.5. The van der Waals surface area contributed by atoms with Crippen molar-refractivity contribution in [1.29, 1.82) is 0 Å². The van der Waals surface area contributed by atoms with Gasteiger partial charge in [-0.05, 0) is 26.3 Å². The highest BCUT2D eigenvalue weighted by atomic mass is 16.1. The van der Waals surface area contributed by atoms with E-state index in [2.05, 4.69) is 55.8 Å². The molecule has 5 heterocycles. The number of Topliss-reactive ketones (excluding diaryl/α,β-unsaturated/α-hetero) is 1. The molecule has 2 atom stereocenters. The molecule has 4 nitrogen and oxygen atoms in total. The van der Waals surface area contributed by atoms with Crippen LogP contribution in [0, 0.1) is 10.8 Å². The number of hydrogen-bond acceptors (Lipinski definition) is 1. The van der Waals surface area contributed by atoms with Crippen LogP contribution >= 0.6 is 0 Å². The molecule has 0 aliphatic carbocycles. The Hall–Kier alpha value is -1.65. The number of hydrogen-bond donors (Lipinski definition) is 2. The molecule has 0 spiro atoms.